The van der Waals surface area contributed by atoms with Gasteiger partial charge in [-0.05, 0) is 31.7 Å². The molecule has 0 radical (unpaired) electrons. The van der Waals surface area contributed by atoms with Crippen molar-refractivity contribution < 1.29 is 13.9 Å². The zero-order valence-corrected chi connectivity index (χ0v) is 13.5. The first-order valence-corrected chi connectivity index (χ1v) is 8.02. The predicted octanol–water partition coefficient (Wildman–Crippen LogP) is 4.30. The molecule has 2 aliphatic rings. The van der Waals surface area contributed by atoms with Crippen LogP contribution in [0.2, 0.25) is 0 Å². The number of benzene rings is 1. The van der Waals surface area contributed by atoms with Crippen LogP contribution in [0.15, 0.2) is 24.3 Å². The molecule has 0 spiro atoms. The van der Waals surface area contributed by atoms with Crippen LogP contribution in [-0.4, -0.2) is 22.7 Å². The van der Waals surface area contributed by atoms with Crippen LogP contribution in [-0.2, 0) is 16.1 Å². The van der Waals surface area contributed by atoms with Crippen LogP contribution in [0.3, 0.4) is 0 Å². The summed E-state index contributed by atoms with van der Waals surface area (Å²) >= 11 is 6.68. The predicted molar refractivity (Wildman–Crippen MR) is 80.9 cm³/mol. The molecule has 0 aromatic heterocycles. The standard InChI is InChI=1S/C17H22ClFO2/c1-11(2)17-9-8-16(3,21-17)15(14(17)18)20-10-12-6-4-5-7-13(12)19/h4-7,11,14-15H,8-10H2,1-3H3/t14-,15-,16+,17+/m1/s1. The Labute approximate surface area is 130 Å². The fraction of sp³-hybridized carbons (Fsp3) is 0.647. The number of rotatable bonds is 4. The maximum atomic E-state index is 13.7. The molecule has 116 valence electrons. The van der Waals surface area contributed by atoms with Gasteiger partial charge in [-0.25, -0.2) is 4.39 Å². The van der Waals surface area contributed by atoms with Crippen molar-refractivity contribution in [3.63, 3.8) is 0 Å². The average Bonchev–Trinajstić information content (AvgIpc) is 2.90. The molecule has 21 heavy (non-hydrogen) atoms. The third-order valence-electron chi connectivity index (χ3n) is 5.12. The number of hydrogen-bond acceptors (Lipinski definition) is 2. The molecule has 0 amide bonds. The average molecular weight is 313 g/mol. The van der Waals surface area contributed by atoms with Gasteiger partial charge in [-0.2, -0.15) is 0 Å². The van der Waals surface area contributed by atoms with Crippen LogP contribution < -0.4 is 0 Å². The van der Waals surface area contributed by atoms with Crippen molar-refractivity contribution >= 4 is 11.6 Å². The second kappa shape index (κ2) is 5.22. The zero-order valence-electron chi connectivity index (χ0n) is 12.7. The molecule has 0 aliphatic carbocycles. The normalized spacial score (nSPS) is 38.4. The molecular formula is C17H22ClFO2. The third kappa shape index (κ3) is 2.30. The number of ether oxygens (including phenoxy) is 2. The molecule has 2 saturated heterocycles. The van der Waals surface area contributed by atoms with E-state index in [0.29, 0.717) is 11.5 Å². The van der Waals surface area contributed by atoms with Crippen molar-refractivity contribution in [3.8, 4) is 0 Å². The van der Waals surface area contributed by atoms with Crippen LogP contribution in [0, 0.1) is 11.7 Å². The van der Waals surface area contributed by atoms with Crippen molar-refractivity contribution in [3.05, 3.63) is 35.6 Å². The van der Waals surface area contributed by atoms with Gasteiger partial charge >= 0.3 is 0 Å². The minimum absolute atomic E-state index is 0.192. The van der Waals surface area contributed by atoms with E-state index < -0.39 is 0 Å². The molecule has 2 aliphatic heterocycles. The van der Waals surface area contributed by atoms with Gasteiger partial charge in [-0.3, -0.25) is 0 Å². The zero-order chi connectivity index (χ0) is 15.3. The van der Waals surface area contributed by atoms with Crippen LogP contribution in [0.4, 0.5) is 4.39 Å². The van der Waals surface area contributed by atoms with E-state index in [1.807, 2.05) is 6.07 Å². The van der Waals surface area contributed by atoms with Gasteiger partial charge in [0.2, 0.25) is 0 Å². The highest BCUT2D eigenvalue weighted by atomic mass is 35.5. The Morgan fingerprint density at radius 1 is 1.38 bits per heavy atom. The Kier molecular flexibility index (Phi) is 3.79. The van der Waals surface area contributed by atoms with Crippen molar-refractivity contribution in [1.82, 2.24) is 0 Å². The SMILES string of the molecule is CC(C)[C@]12CC[C@](C)(O1)[C@H](OCc1ccccc1F)[C@H]2Cl. The first-order chi connectivity index (χ1) is 9.89. The molecule has 2 nitrogen and oxygen atoms in total. The quantitative estimate of drug-likeness (QED) is 0.772. The summed E-state index contributed by atoms with van der Waals surface area (Å²) in [7, 11) is 0. The molecule has 2 bridgehead atoms. The summed E-state index contributed by atoms with van der Waals surface area (Å²) in [5, 5.41) is -0.192. The summed E-state index contributed by atoms with van der Waals surface area (Å²) in [6.07, 6.45) is 1.71. The van der Waals surface area contributed by atoms with E-state index in [4.69, 9.17) is 21.1 Å². The van der Waals surface area contributed by atoms with Crippen LogP contribution in [0.1, 0.15) is 39.2 Å². The van der Waals surface area contributed by atoms with Crippen LogP contribution in [0.25, 0.3) is 0 Å². The lowest BCUT2D eigenvalue weighted by Gasteiger charge is -2.36. The first-order valence-electron chi connectivity index (χ1n) is 7.58. The van der Waals surface area contributed by atoms with Gasteiger partial charge in [0.15, 0.2) is 0 Å². The Bertz CT molecular complexity index is 535. The molecule has 0 unspecified atom stereocenters. The molecule has 1 aromatic rings. The second-order valence-electron chi connectivity index (χ2n) is 6.75. The molecule has 4 atom stereocenters. The maximum absolute atomic E-state index is 13.7. The van der Waals surface area contributed by atoms with E-state index in [-0.39, 0.29) is 35.1 Å². The van der Waals surface area contributed by atoms with E-state index in [1.165, 1.54) is 6.07 Å². The van der Waals surface area contributed by atoms with Crippen LogP contribution in [0.5, 0.6) is 0 Å². The Balaban J connectivity index is 1.76. The Hall–Kier alpha value is -0.640. The highest BCUT2D eigenvalue weighted by Crippen LogP contribution is 2.57. The van der Waals surface area contributed by atoms with Gasteiger partial charge in [0.05, 0.1) is 23.2 Å². The van der Waals surface area contributed by atoms with E-state index in [1.54, 1.807) is 12.1 Å². The van der Waals surface area contributed by atoms with Gasteiger partial charge in [-0.15, -0.1) is 11.6 Å². The van der Waals surface area contributed by atoms with Gasteiger partial charge in [0, 0.05) is 5.56 Å². The molecular weight excluding hydrogens is 291 g/mol. The Morgan fingerprint density at radius 2 is 2.10 bits per heavy atom. The monoisotopic (exact) mass is 312 g/mol. The van der Waals surface area contributed by atoms with E-state index in [9.17, 15) is 4.39 Å². The smallest absolute Gasteiger partial charge is 0.128 e. The summed E-state index contributed by atoms with van der Waals surface area (Å²) in [5.74, 6) is 0.0975. The third-order valence-corrected chi connectivity index (χ3v) is 5.72. The molecule has 0 saturated carbocycles. The summed E-state index contributed by atoms with van der Waals surface area (Å²) in [6.45, 7) is 6.57. The fourth-order valence-electron chi connectivity index (χ4n) is 3.72. The van der Waals surface area contributed by atoms with E-state index in [2.05, 4.69) is 20.8 Å². The first kappa shape index (κ1) is 15.3. The highest BCUT2D eigenvalue weighted by Gasteiger charge is 2.66. The van der Waals surface area contributed by atoms with Crippen molar-refractivity contribution in [2.45, 2.75) is 62.9 Å². The van der Waals surface area contributed by atoms with Crippen molar-refractivity contribution in [2.24, 2.45) is 5.92 Å². The second-order valence-corrected chi connectivity index (χ2v) is 7.22. The molecule has 1 aromatic carbocycles. The molecule has 2 heterocycles. The number of halogens is 2. The number of fused-ring (bicyclic) bond motifs is 2. The summed E-state index contributed by atoms with van der Waals surface area (Å²) in [6, 6.07) is 6.69. The minimum Gasteiger partial charge on any atom is -0.369 e. The highest BCUT2D eigenvalue weighted by molar-refractivity contribution is 6.22. The molecule has 2 fully saturated rings. The molecule has 4 heteroatoms. The lowest BCUT2D eigenvalue weighted by molar-refractivity contribution is -0.0962. The van der Waals surface area contributed by atoms with Gasteiger partial charge < -0.3 is 9.47 Å². The molecule has 3 rings (SSSR count). The number of alkyl halides is 1. The molecule has 0 N–H and O–H groups in total. The minimum atomic E-state index is -0.359. The Morgan fingerprint density at radius 3 is 2.71 bits per heavy atom. The lowest BCUT2D eigenvalue weighted by atomic mass is 9.75. The van der Waals surface area contributed by atoms with Crippen molar-refractivity contribution in [2.75, 3.05) is 0 Å². The van der Waals surface area contributed by atoms with Crippen molar-refractivity contribution in [1.29, 1.82) is 0 Å². The van der Waals surface area contributed by atoms with E-state index in [0.717, 1.165) is 12.8 Å². The lowest BCUT2D eigenvalue weighted by Crippen LogP contribution is -2.48. The van der Waals surface area contributed by atoms with Gasteiger partial charge in [0.1, 0.15) is 11.9 Å². The summed E-state index contributed by atoms with van der Waals surface area (Å²) in [4.78, 5) is 0. The topological polar surface area (TPSA) is 18.5 Å². The van der Waals surface area contributed by atoms with Gasteiger partial charge in [0.25, 0.3) is 0 Å². The van der Waals surface area contributed by atoms with Gasteiger partial charge in [-0.1, -0.05) is 32.0 Å². The van der Waals surface area contributed by atoms with Crippen LogP contribution >= 0.6 is 11.6 Å². The fourth-order valence-corrected chi connectivity index (χ4v) is 4.47. The maximum Gasteiger partial charge on any atom is 0.128 e. The number of hydrogen-bond donors (Lipinski definition) is 0. The largest absolute Gasteiger partial charge is 0.369 e. The summed E-state index contributed by atoms with van der Waals surface area (Å²) < 4.78 is 26.0. The van der Waals surface area contributed by atoms with E-state index >= 15 is 0 Å². The summed E-state index contributed by atoms with van der Waals surface area (Å²) in [5.41, 5.74) is -0.107.